The van der Waals surface area contributed by atoms with Crippen molar-refractivity contribution in [3.05, 3.63) is 36.5 Å². The third kappa shape index (κ3) is 28.2. The minimum atomic E-state index is -3.28. The van der Waals surface area contributed by atoms with Gasteiger partial charge in [0, 0.05) is 69.4 Å². The molecule has 0 atom stereocenters. The summed E-state index contributed by atoms with van der Waals surface area (Å²) in [5, 5.41) is 0. The second-order valence-electron chi connectivity index (χ2n) is 9.71. The van der Waals surface area contributed by atoms with E-state index in [1.165, 1.54) is 32.7 Å². The number of nitrogens with zero attached hydrogens (tertiary/aromatic N) is 2. The summed E-state index contributed by atoms with van der Waals surface area (Å²) in [5.41, 5.74) is 0. The topological polar surface area (TPSA) is 267 Å². The first-order valence-electron chi connectivity index (χ1n) is 14.4. The predicted octanol–water partition coefficient (Wildman–Crippen LogP) is -1.86. The van der Waals surface area contributed by atoms with Gasteiger partial charge in [-0.25, -0.2) is 58.3 Å². The first kappa shape index (κ1) is 48.9. The van der Waals surface area contributed by atoms with Crippen LogP contribution in [0.3, 0.4) is 0 Å². The number of esters is 6. The van der Waals surface area contributed by atoms with E-state index in [2.05, 4.69) is 23.7 Å². The summed E-state index contributed by atoms with van der Waals surface area (Å²) in [4.78, 5) is 64.9. The molecule has 1 aliphatic rings. The molecule has 0 saturated carbocycles. The van der Waals surface area contributed by atoms with Crippen LogP contribution in [0.1, 0.15) is 12.8 Å². The lowest BCUT2D eigenvalue weighted by atomic mass is 10.5. The lowest BCUT2D eigenvalue weighted by Gasteiger charge is -2.13. The average molecular weight is 793 g/mol. The average Bonchev–Trinajstić information content (AvgIpc) is 3.39. The second-order valence-corrected chi connectivity index (χ2v) is 16.1. The van der Waals surface area contributed by atoms with Gasteiger partial charge in [0.15, 0.2) is 0 Å². The molecule has 0 radical (unpaired) electrons. The zero-order valence-electron chi connectivity index (χ0n) is 29.0. The van der Waals surface area contributed by atoms with Gasteiger partial charge >= 0.3 is 35.8 Å². The number of carbonyl (C=O) groups is 6. The molecule has 0 bridgehead atoms. The second kappa shape index (κ2) is 25.7. The smallest absolute Gasteiger partial charge is 0.331 e. The number of carbonyl (C=O) groups excluding carboxylic acids is 6. The third-order valence-electron chi connectivity index (χ3n) is 5.58. The van der Waals surface area contributed by atoms with Gasteiger partial charge in [-0.15, -0.1) is 0 Å². The Hall–Kier alpha value is -4.19. The van der Waals surface area contributed by atoms with Crippen molar-refractivity contribution in [3.8, 4) is 0 Å². The van der Waals surface area contributed by atoms with Gasteiger partial charge in [-0.1, -0.05) is 0 Å². The molecule has 0 aromatic heterocycles. The molecule has 1 saturated heterocycles. The van der Waals surface area contributed by atoms with E-state index in [1.54, 1.807) is 0 Å². The van der Waals surface area contributed by atoms with Gasteiger partial charge in [-0.05, 0) is 12.8 Å². The molecule has 20 nitrogen and oxygen atoms in total. The molecule has 0 N–H and O–H groups in total. The van der Waals surface area contributed by atoms with Crippen LogP contribution in [0.25, 0.3) is 0 Å². The Kier molecular flexibility index (Phi) is 24.7. The van der Waals surface area contributed by atoms with Crippen LogP contribution in [-0.2, 0) is 87.1 Å². The van der Waals surface area contributed by atoms with Gasteiger partial charge in [0.05, 0.1) is 45.7 Å². The molecule has 292 valence electrons. The van der Waals surface area contributed by atoms with Crippen LogP contribution in [0, 0.1) is 0 Å². The molecule has 0 unspecified atom stereocenters. The summed E-state index contributed by atoms with van der Waals surface area (Å²) in [6.07, 6.45) is 8.53. The van der Waals surface area contributed by atoms with Crippen molar-refractivity contribution in [2.45, 2.75) is 12.8 Å². The summed E-state index contributed by atoms with van der Waals surface area (Å²) in [5.74, 6) is -4.05. The zero-order valence-corrected chi connectivity index (χ0v) is 31.5. The van der Waals surface area contributed by atoms with Gasteiger partial charge < -0.3 is 28.4 Å². The van der Waals surface area contributed by atoms with Gasteiger partial charge in [-0.2, -0.15) is 4.31 Å². The number of sulfone groups is 1. The van der Waals surface area contributed by atoms with E-state index >= 15 is 0 Å². The fourth-order valence-corrected chi connectivity index (χ4v) is 5.44. The van der Waals surface area contributed by atoms with Crippen LogP contribution in [0.4, 0.5) is 0 Å². The Balaban J connectivity index is 0. The predicted molar refractivity (Wildman–Crippen MR) is 178 cm³/mol. The zero-order chi connectivity index (χ0) is 39.7. The van der Waals surface area contributed by atoms with Crippen molar-refractivity contribution in [2.24, 2.45) is 0 Å². The Bertz CT molecular complexity index is 1580. The minimum Gasteiger partial charge on any atom is -0.466 e. The van der Waals surface area contributed by atoms with Gasteiger partial charge in [0.1, 0.15) is 23.1 Å². The van der Waals surface area contributed by atoms with Gasteiger partial charge in [-0.3, -0.25) is 0 Å². The number of hydrogen-bond donors (Lipinski definition) is 0. The van der Waals surface area contributed by atoms with Crippen molar-refractivity contribution < 1.29 is 82.4 Å². The Morgan fingerprint density at radius 2 is 1.06 bits per heavy atom. The molecule has 0 amide bonds. The normalized spacial score (nSPS) is 14.2. The van der Waals surface area contributed by atoms with E-state index < -0.39 is 65.7 Å². The molecule has 51 heavy (non-hydrogen) atoms. The van der Waals surface area contributed by atoms with Gasteiger partial charge in [0.25, 0.3) is 0 Å². The maximum absolute atomic E-state index is 11.4. The van der Waals surface area contributed by atoms with E-state index in [9.17, 15) is 54.0 Å². The minimum absolute atomic E-state index is 0.00256. The Morgan fingerprint density at radius 3 is 1.41 bits per heavy atom. The molecule has 1 heterocycles. The van der Waals surface area contributed by atoms with E-state index in [-0.39, 0.29) is 50.8 Å². The lowest BCUT2D eigenvalue weighted by molar-refractivity contribution is -0.139. The first-order valence-corrected chi connectivity index (χ1v) is 19.9. The summed E-state index contributed by atoms with van der Waals surface area (Å²) in [6.45, 7) is 0.517. The molecule has 23 heteroatoms. The number of ether oxygens (including phenoxy) is 6. The largest absolute Gasteiger partial charge is 0.466 e. The van der Waals surface area contributed by atoms with E-state index in [0.29, 0.717) is 13.0 Å². The highest BCUT2D eigenvalue weighted by Crippen LogP contribution is 2.12. The first-order chi connectivity index (χ1) is 23.6. The van der Waals surface area contributed by atoms with Crippen molar-refractivity contribution in [1.29, 1.82) is 0 Å². The van der Waals surface area contributed by atoms with Crippen molar-refractivity contribution in [1.82, 2.24) is 8.61 Å². The van der Waals surface area contributed by atoms with Crippen LogP contribution < -0.4 is 0 Å². The number of methoxy groups -OCH3 is 3. The third-order valence-corrected chi connectivity index (χ3v) is 9.88. The number of sulfonamides is 2. The summed E-state index contributed by atoms with van der Waals surface area (Å²) >= 11 is 0. The molecule has 0 aromatic carbocycles. The molecule has 0 spiro atoms. The number of likely N-dealkylation sites (N-methyl/N-ethyl adjacent to an activating group) is 1. The monoisotopic (exact) mass is 792 g/mol. The molecule has 0 aromatic rings. The summed E-state index contributed by atoms with van der Waals surface area (Å²) < 4.78 is 95.4. The highest BCUT2D eigenvalue weighted by molar-refractivity contribution is 7.90. The highest BCUT2D eigenvalue weighted by Gasteiger charge is 2.27. The molecule has 1 rings (SSSR count). The van der Waals surface area contributed by atoms with Crippen molar-refractivity contribution in [3.63, 3.8) is 0 Å². The molecule has 0 aliphatic carbocycles. The fourth-order valence-electron chi connectivity index (χ4n) is 2.88. The number of hydrogen-bond acceptors (Lipinski definition) is 18. The van der Waals surface area contributed by atoms with E-state index in [0.717, 1.165) is 53.3 Å². The number of rotatable bonds is 17. The van der Waals surface area contributed by atoms with Crippen LogP contribution >= 0.6 is 0 Å². The van der Waals surface area contributed by atoms with Crippen LogP contribution in [0.5, 0.6) is 0 Å². The quantitative estimate of drug-likeness (QED) is 0.0676. The standard InChI is InChI=1S/C10H15NO6S.C9H15NO6S.C9H14O6S/c1-16-9(12)3-4-10(13)17-7-6-11-5-2-8-18(11,14)15;1-10(17(3,13)14)6-7-16-9(12)5-4-8(11)15-2;1-14-8(10)4-5-9(11)15-6-3-7-16(2,12)13/h3-4H,2,5-8H2,1H3;4-5H,6-7H2,1-3H3;4-5H,3,6-7H2,1-2H3/b4-3+;2*5-4+. The molecular weight excluding hydrogens is 749 g/mol. The SMILES string of the molecule is COC(=O)/C=C/C(=O)OCCCS(C)(=O)=O.COC(=O)/C=C/C(=O)OCCN(C)S(C)(=O)=O.COC(=O)/C=C/C(=O)OCCN1CCCS1(=O)=O. The maximum Gasteiger partial charge on any atom is 0.331 e. The van der Waals surface area contributed by atoms with Crippen LogP contribution in [-0.4, -0.2) is 162 Å². The van der Waals surface area contributed by atoms with Crippen LogP contribution in [0.2, 0.25) is 0 Å². The molecule has 1 aliphatic heterocycles. The molecular formula is C28H44N2O18S3. The Labute approximate surface area is 297 Å². The fraction of sp³-hybridized carbons (Fsp3) is 0.571. The van der Waals surface area contributed by atoms with Crippen molar-refractivity contribution in [2.75, 3.05) is 91.8 Å². The summed E-state index contributed by atoms with van der Waals surface area (Å²) in [6, 6.07) is 0. The van der Waals surface area contributed by atoms with E-state index in [1.807, 2.05) is 0 Å². The van der Waals surface area contributed by atoms with Crippen molar-refractivity contribution >= 4 is 65.7 Å². The van der Waals surface area contributed by atoms with E-state index in [4.69, 9.17) is 4.74 Å². The maximum atomic E-state index is 11.4. The molecule has 1 fully saturated rings. The van der Waals surface area contributed by atoms with Crippen LogP contribution in [0.15, 0.2) is 36.5 Å². The van der Waals surface area contributed by atoms with Gasteiger partial charge in [0.2, 0.25) is 20.0 Å². The Morgan fingerprint density at radius 1 is 0.667 bits per heavy atom. The lowest BCUT2D eigenvalue weighted by Crippen LogP contribution is -2.29. The summed E-state index contributed by atoms with van der Waals surface area (Å²) in [7, 11) is -4.56. The highest BCUT2D eigenvalue weighted by atomic mass is 32.2.